The van der Waals surface area contributed by atoms with Crippen molar-refractivity contribution in [3.05, 3.63) is 83.2 Å². The van der Waals surface area contributed by atoms with E-state index in [0.29, 0.717) is 39.6 Å². The number of ether oxygens (including phenoxy) is 3. The van der Waals surface area contributed by atoms with Crippen LogP contribution in [0.25, 0.3) is 6.08 Å². The maximum absolute atomic E-state index is 13.6. The molecule has 1 aliphatic heterocycles. The third-order valence-electron chi connectivity index (χ3n) is 5.08. The fourth-order valence-corrected chi connectivity index (χ4v) is 5.48. The number of thiophene rings is 1. The molecule has 3 heterocycles. The van der Waals surface area contributed by atoms with Crippen molar-refractivity contribution in [3.63, 3.8) is 0 Å². The first-order valence-corrected chi connectivity index (χ1v) is 12.2. The Morgan fingerprint density at radius 1 is 1.21 bits per heavy atom. The minimum Gasteiger partial charge on any atom is -0.493 e. The van der Waals surface area contributed by atoms with Crippen molar-refractivity contribution in [2.24, 2.45) is 4.99 Å². The van der Waals surface area contributed by atoms with E-state index in [1.807, 2.05) is 54.8 Å². The normalized spacial score (nSPS) is 15.8. The van der Waals surface area contributed by atoms with Crippen LogP contribution in [0, 0.1) is 0 Å². The standard InChI is InChI=1S/C24H24N2O5S2/c1-4-30-17-9-6-5-8-16(17)14-19-22(27)26-21(18-10-7-13-32-18)20(15(2)25-24(26)33-19)23(28)31-12-11-29-3/h5-10,13-14,21H,4,11-12H2,1-3H3/b19-14+. The number of thiazole rings is 1. The molecule has 0 saturated heterocycles. The monoisotopic (exact) mass is 484 g/mol. The predicted octanol–water partition coefficient (Wildman–Crippen LogP) is 2.89. The van der Waals surface area contributed by atoms with Gasteiger partial charge in [0.15, 0.2) is 4.80 Å². The number of carbonyl (C=O) groups excluding carboxylic acids is 1. The molecule has 0 spiro atoms. The molecule has 0 saturated carbocycles. The third-order valence-corrected chi connectivity index (χ3v) is 6.99. The third kappa shape index (κ3) is 4.71. The molecule has 0 amide bonds. The maximum Gasteiger partial charge on any atom is 0.338 e. The molecule has 0 aliphatic carbocycles. The van der Waals surface area contributed by atoms with E-state index in [9.17, 15) is 9.59 Å². The molecule has 1 atom stereocenters. The molecule has 1 unspecified atom stereocenters. The summed E-state index contributed by atoms with van der Waals surface area (Å²) in [6.07, 6.45) is 1.82. The first kappa shape index (κ1) is 23.2. The van der Waals surface area contributed by atoms with Crippen molar-refractivity contribution in [2.45, 2.75) is 19.9 Å². The summed E-state index contributed by atoms with van der Waals surface area (Å²) in [5.74, 6) is 0.210. The lowest BCUT2D eigenvalue weighted by Gasteiger charge is -2.23. The number of para-hydroxylation sites is 1. The van der Waals surface area contributed by atoms with Gasteiger partial charge in [0.1, 0.15) is 18.4 Å². The number of rotatable bonds is 8. The summed E-state index contributed by atoms with van der Waals surface area (Å²) in [6, 6.07) is 10.8. The van der Waals surface area contributed by atoms with Crippen molar-refractivity contribution >= 4 is 34.7 Å². The minimum atomic E-state index is -0.597. The number of aromatic nitrogens is 1. The minimum absolute atomic E-state index is 0.127. The number of methoxy groups -OCH3 is 1. The zero-order valence-electron chi connectivity index (χ0n) is 18.6. The Morgan fingerprint density at radius 2 is 2.03 bits per heavy atom. The SMILES string of the molecule is CCOc1ccccc1/C=c1/sc2n(c1=O)C(c1cccs1)C(C(=O)OCCOC)=C(C)N=2. The van der Waals surface area contributed by atoms with Gasteiger partial charge >= 0.3 is 5.97 Å². The van der Waals surface area contributed by atoms with Crippen LogP contribution in [0.3, 0.4) is 0 Å². The molecule has 1 aliphatic rings. The Labute approximate surface area is 198 Å². The molecule has 0 radical (unpaired) electrons. The molecule has 0 bridgehead atoms. The summed E-state index contributed by atoms with van der Waals surface area (Å²) in [4.78, 5) is 32.6. The van der Waals surface area contributed by atoms with Crippen LogP contribution in [0.2, 0.25) is 0 Å². The fourth-order valence-electron chi connectivity index (χ4n) is 3.62. The first-order chi connectivity index (χ1) is 16.0. The van der Waals surface area contributed by atoms with Crippen molar-refractivity contribution in [1.29, 1.82) is 0 Å². The van der Waals surface area contributed by atoms with Gasteiger partial charge in [0.2, 0.25) is 0 Å². The summed E-state index contributed by atoms with van der Waals surface area (Å²) in [7, 11) is 1.54. The molecule has 3 aromatic rings. The average molecular weight is 485 g/mol. The van der Waals surface area contributed by atoms with E-state index in [-0.39, 0.29) is 12.2 Å². The second-order valence-corrected chi connectivity index (χ2v) is 9.19. The summed E-state index contributed by atoms with van der Waals surface area (Å²) >= 11 is 2.78. The van der Waals surface area contributed by atoms with Gasteiger partial charge < -0.3 is 14.2 Å². The van der Waals surface area contributed by atoms with Gasteiger partial charge in [-0.15, -0.1) is 11.3 Å². The largest absolute Gasteiger partial charge is 0.493 e. The van der Waals surface area contributed by atoms with Gasteiger partial charge in [0, 0.05) is 17.6 Å². The van der Waals surface area contributed by atoms with Crippen LogP contribution in [0.4, 0.5) is 0 Å². The molecule has 1 aromatic carbocycles. The molecule has 4 rings (SSSR count). The van der Waals surface area contributed by atoms with Crippen LogP contribution in [0.15, 0.2) is 62.8 Å². The lowest BCUT2D eigenvalue weighted by Crippen LogP contribution is -2.39. The van der Waals surface area contributed by atoms with Crippen LogP contribution in [0.1, 0.15) is 30.3 Å². The van der Waals surface area contributed by atoms with Crippen molar-refractivity contribution in [3.8, 4) is 5.75 Å². The van der Waals surface area contributed by atoms with Crippen molar-refractivity contribution < 1.29 is 19.0 Å². The summed E-state index contributed by atoms with van der Waals surface area (Å²) < 4.78 is 18.2. The van der Waals surface area contributed by atoms with E-state index in [0.717, 1.165) is 10.4 Å². The smallest absolute Gasteiger partial charge is 0.338 e. The van der Waals surface area contributed by atoms with Crippen LogP contribution in [-0.4, -0.2) is 37.5 Å². The highest BCUT2D eigenvalue weighted by Crippen LogP contribution is 2.33. The van der Waals surface area contributed by atoms with Gasteiger partial charge in [-0.1, -0.05) is 35.6 Å². The molecule has 33 heavy (non-hydrogen) atoms. The first-order valence-electron chi connectivity index (χ1n) is 10.5. The number of nitrogens with zero attached hydrogens (tertiary/aromatic N) is 2. The highest BCUT2D eigenvalue weighted by atomic mass is 32.1. The second-order valence-electron chi connectivity index (χ2n) is 7.20. The second kappa shape index (κ2) is 10.3. The van der Waals surface area contributed by atoms with Crippen LogP contribution >= 0.6 is 22.7 Å². The van der Waals surface area contributed by atoms with E-state index in [1.54, 1.807) is 18.6 Å². The van der Waals surface area contributed by atoms with Crippen LogP contribution in [0.5, 0.6) is 5.75 Å². The van der Waals surface area contributed by atoms with E-state index < -0.39 is 12.0 Å². The van der Waals surface area contributed by atoms with Crippen LogP contribution in [-0.2, 0) is 14.3 Å². The molecule has 0 fully saturated rings. The topological polar surface area (TPSA) is 79.1 Å². The van der Waals surface area contributed by atoms with E-state index in [4.69, 9.17) is 14.2 Å². The summed E-state index contributed by atoms with van der Waals surface area (Å²) in [6.45, 7) is 4.64. The number of carbonyl (C=O) groups is 1. The summed E-state index contributed by atoms with van der Waals surface area (Å²) in [5.41, 5.74) is 1.51. The quantitative estimate of drug-likeness (QED) is 0.363. The van der Waals surface area contributed by atoms with Gasteiger partial charge in [-0.3, -0.25) is 9.36 Å². The van der Waals surface area contributed by atoms with Gasteiger partial charge in [-0.25, -0.2) is 9.79 Å². The lowest BCUT2D eigenvalue weighted by atomic mass is 10.0. The Hall–Kier alpha value is -3.01. The molecule has 0 N–H and O–H groups in total. The average Bonchev–Trinajstić information content (AvgIpc) is 3.43. The number of fused-ring (bicyclic) bond motifs is 1. The zero-order valence-corrected chi connectivity index (χ0v) is 20.2. The molecule has 7 nitrogen and oxygen atoms in total. The number of benzene rings is 1. The van der Waals surface area contributed by atoms with Crippen molar-refractivity contribution in [2.75, 3.05) is 26.9 Å². The Balaban J connectivity index is 1.85. The molecule has 172 valence electrons. The number of allylic oxidation sites excluding steroid dienone is 1. The van der Waals surface area contributed by atoms with Crippen LogP contribution < -0.4 is 19.6 Å². The van der Waals surface area contributed by atoms with Gasteiger partial charge in [-0.05, 0) is 37.4 Å². The molecule has 9 heteroatoms. The Kier molecular flexibility index (Phi) is 7.22. The highest BCUT2D eigenvalue weighted by molar-refractivity contribution is 7.10. The summed E-state index contributed by atoms with van der Waals surface area (Å²) in [5, 5.41) is 1.92. The van der Waals surface area contributed by atoms with E-state index >= 15 is 0 Å². The fraction of sp³-hybridized carbons (Fsp3) is 0.292. The zero-order chi connectivity index (χ0) is 23.4. The number of esters is 1. The van der Waals surface area contributed by atoms with Gasteiger partial charge in [0.25, 0.3) is 5.56 Å². The lowest BCUT2D eigenvalue weighted by molar-refractivity contribution is -0.140. The predicted molar refractivity (Wildman–Crippen MR) is 129 cm³/mol. The Bertz CT molecular complexity index is 1350. The maximum atomic E-state index is 13.6. The number of hydrogen-bond acceptors (Lipinski definition) is 8. The molecular weight excluding hydrogens is 460 g/mol. The van der Waals surface area contributed by atoms with E-state index in [2.05, 4.69) is 4.99 Å². The van der Waals surface area contributed by atoms with Gasteiger partial charge in [0.05, 0.1) is 29.0 Å². The number of hydrogen-bond donors (Lipinski definition) is 0. The highest BCUT2D eigenvalue weighted by Gasteiger charge is 2.34. The van der Waals surface area contributed by atoms with Crippen molar-refractivity contribution in [1.82, 2.24) is 4.57 Å². The molecular formula is C24H24N2O5S2. The Morgan fingerprint density at radius 3 is 2.76 bits per heavy atom. The van der Waals surface area contributed by atoms with E-state index in [1.165, 1.54) is 22.7 Å². The molecule has 2 aromatic heterocycles. The van der Waals surface area contributed by atoms with Gasteiger partial charge in [-0.2, -0.15) is 0 Å².